The fraction of sp³-hybridized carbons (Fsp3) is 0.480. The molecule has 1 heterocycles. The highest BCUT2D eigenvalue weighted by molar-refractivity contribution is 5.79. The molecule has 3 fully saturated rings. The number of rotatable bonds is 4. The number of nitrogens with zero attached hydrogens (tertiary/aromatic N) is 2. The zero-order valence-corrected chi connectivity index (χ0v) is 16.5. The molecule has 0 radical (unpaired) electrons. The van der Waals surface area contributed by atoms with E-state index in [-0.39, 0.29) is 6.04 Å². The predicted octanol–water partition coefficient (Wildman–Crippen LogP) is 4.36. The first-order valence-corrected chi connectivity index (χ1v) is 10.9. The summed E-state index contributed by atoms with van der Waals surface area (Å²) in [7, 11) is 0. The molecule has 3 nitrogen and oxygen atoms in total. The van der Waals surface area contributed by atoms with Gasteiger partial charge < -0.3 is 4.90 Å². The largest absolute Gasteiger partial charge is 0.340 e. The smallest absolute Gasteiger partial charge is 0.226 e. The third-order valence-electron chi connectivity index (χ3n) is 7.28. The van der Waals surface area contributed by atoms with E-state index in [1.165, 1.54) is 30.4 Å². The number of carbonyl (C=O) groups excluding carboxylic acids is 1. The molecular weight excluding hydrogens is 344 g/mol. The molecule has 1 amide bonds. The lowest BCUT2D eigenvalue weighted by molar-refractivity contribution is -0.139. The van der Waals surface area contributed by atoms with Crippen LogP contribution in [-0.2, 0) is 4.79 Å². The van der Waals surface area contributed by atoms with E-state index in [9.17, 15) is 4.79 Å². The molecular formula is C25H30N2O. The van der Waals surface area contributed by atoms with Crippen molar-refractivity contribution in [3.8, 4) is 0 Å². The standard InChI is InChI=1S/C25H30N2O/c28-25(23-18-19-11-12-22(23)17-19)27-15-13-26(14-16-27)24(20-7-3-1-4-8-20)21-9-5-2-6-10-21/h1-10,19,22-24H,11-18H2. The summed E-state index contributed by atoms with van der Waals surface area (Å²) in [6.45, 7) is 3.62. The average Bonchev–Trinajstić information content (AvgIpc) is 3.39. The molecule has 2 bridgehead atoms. The zero-order valence-electron chi connectivity index (χ0n) is 16.5. The molecule has 5 rings (SSSR count). The van der Waals surface area contributed by atoms with Crippen LogP contribution in [0.1, 0.15) is 42.9 Å². The number of fused-ring (bicyclic) bond motifs is 2. The van der Waals surface area contributed by atoms with Crippen LogP contribution in [0.15, 0.2) is 60.7 Å². The second kappa shape index (κ2) is 7.71. The predicted molar refractivity (Wildman–Crippen MR) is 112 cm³/mol. The molecule has 2 aromatic rings. The topological polar surface area (TPSA) is 23.6 Å². The van der Waals surface area contributed by atoms with Crippen LogP contribution in [0.4, 0.5) is 0 Å². The Labute approximate surface area is 168 Å². The molecule has 3 aliphatic rings. The number of hydrogen-bond donors (Lipinski definition) is 0. The maximum atomic E-state index is 13.1. The third-order valence-corrected chi connectivity index (χ3v) is 7.28. The highest BCUT2D eigenvalue weighted by Crippen LogP contribution is 2.49. The van der Waals surface area contributed by atoms with Crippen molar-refractivity contribution >= 4 is 5.91 Å². The second-order valence-electron chi connectivity index (χ2n) is 8.87. The summed E-state index contributed by atoms with van der Waals surface area (Å²) in [4.78, 5) is 17.8. The molecule has 28 heavy (non-hydrogen) atoms. The number of amides is 1. The van der Waals surface area contributed by atoms with Crippen LogP contribution in [0, 0.1) is 17.8 Å². The maximum Gasteiger partial charge on any atom is 0.226 e. The summed E-state index contributed by atoms with van der Waals surface area (Å²) in [5.74, 6) is 2.28. The van der Waals surface area contributed by atoms with Crippen molar-refractivity contribution in [3.05, 3.63) is 71.8 Å². The molecule has 1 aliphatic heterocycles. The molecule has 2 aromatic carbocycles. The Balaban J connectivity index is 1.29. The lowest BCUT2D eigenvalue weighted by Crippen LogP contribution is -2.51. The van der Waals surface area contributed by atoms with E-state index in [1.54, 1.807) is 0 Å². The van der Waals surface area contributed by atoms with Crippen LogP contribution in [0.3, 0.4) is 0 Å². The Morgan fingerprint density at radius 3 is 1.89 bits per heavy atom. The van der Waals surface area contributed by atoms with Gasteiger partial charge in [-0.2, -0.15) is 0 Å². The van der Waals surface area contributed by atoms with Crippen LogP contribution in [-0.4, -0.2) is 41.9 Å². The number of carbonyl (C=O) groups is 1. The number of piperazine rings is 1. The van der Waals surface area contributed by atoms with Crippen molar-refractivity contribution < 1.29 is 4.79 Å². The zero-order chi connectivity index (χ0) is 18.9. The molecule has 2 saturated carbocycles. The van der Waals surface area contributed by atoms with Gasteiger partial charge in [-0.1, -0.05) is 67.1 Å². The quantitative estimate of drug-likeness (QED) is 0.794. The lowest BCUT2D eigenvalue weighted by atomic mass is 9.87. The summed E-state index contributed by atoms with van der Waals surface area (Å²) < 4.78 is 0. The Kier molecular flexibility index (Phi) is 4.94. The van der Waals surface area contributed by atoms with E-state index in [1.807, 2.05) is 0 Å². The number of hydrogen-bond acceptors (Lipinski definition) is 2. The van der Waals surface area contributed by atoms with Gasteiger partial charge in [0.25, 0.3) is 0 Å². The van der Waals surface area contributed by atoms with Gasteiger partial charge in [-0.05, 0) is 42.2 Å². The molecule has 0 aromatic heterocycles. The maximum absolute atomic E-state index is 13.1. The average molecular weight is 375 g/mol. The molecule has 3 atom stereocenters. The number of benzene rings is 2. The van der Waals surface area contributed by atoms with E-state index in [0.717, 1.165) is 38.5 Å². The second-order valence-corrected chi connectivity index (χ2v) is 8.87. The van der Waals surface area contributed by atoms with Gasteiger partial charge in [0.1, 0.15) is 0 Å². The van der Waals surface area contributed by atoms with E-state index in [0.29, 0.717) is 17.7 Å². The minimum atomic E-state index is 0.266. The summed E-state index contributed by atoms with van der Waals surface area (Å²) in [5, 5.41) is 0. The van der Waals surface area contributed by atoms with Crippen molar-refractivity contribution in [3.63, 3.8) is 0 Å². The Bertz CT molecular complexity index is 758. The fourth-order valence-corrected chi connectivity index (χ4v) is 5.87. The van der Waals surface area contributed by atoms with Crippen LogP contribution in [0.25, 0.3) is 0 Å². The van der Waals surface area contributed by atoms with Gasteiger partial charge in [0.05, 0.1) is 6.04 Å². The van der Waals surface area contributed by atoms with Crippen molar-refractivity contribution in [1.82, 2.24) is 9.80 Å². The van der Waals surface area contributed by atoms with Gasteiger partial charge in [-0.25, -0.2) is 0 Å². The monoisotopic (exact) mass is 374 g/mol. The van der Waals surface area contributed by atoms with Gasteiger partial charge in [-0.15, -0.1) is 0 Å². The SMILES string of the molecule is O=C(C1CC2CCC1C2)N1CCN(C(c2ccccc2)c2ccccc2)CC1. The summed E-state index contributed by atoms with van der Waals surface area (Å²) in [5.41, 5.74) is 2.67. The fourth-order valence-electron chi connectivity index (χ4n) is 5.87. The van der Waals surface area contributed by atoms with Gasteiger partial charge in [0.15, 0.2) is 0 Å². The molecule has 2 aliphatic carbocycles. The summed E-state index contributed by atoms with van der Waals surface area (Å²) in [6, 6.07) is 21.8. The highest BCUT2D eigenvalue weighted by atomic mass is 16.2. The Morgan fingerprint density at radius 1 is 0.786 bits per heavy atom. The van der Waals surface area contributed by atoms with E-state index >= 15 is 0 Å². The van der Waals surface area contributed by atoms with Crippen LogP contribution in [0.5, 0.6) is 0 Å². The lowest BCUT2D eigenvalue weighted by Gasteiger charge is -2.41. The van der Waals surface area contributed by atoms with Crippen LogP contribution >= 0.6 is 0 Å². The minimum Gasteiger partial charge on any atom is -0.340 e. The van der Waals surface area contributed by atoms with Crippen LogP contribution < -0.4 is 0 Å². The molecule has 1 saturated heterocycles. The van der Waals surface area contributed by atoms with Crippen molar-refractivity contribution in [1.29, 1.82) is 0 Å². The minimum absolute atomic E-state index is 0.266. The molecule has 3 heteroatoms. The molecule has 3 unspecified atom stereocenters. The highest BCUT2D eigenvalue weighted by Gasteiger charge is 2.44. The van der Waals surface area contributed by atoms with Gasteiger partial charge in [-0.3, -0.25) is 9.69 Å². The normalized spacial score (nSPS) is 27.5. The van der Waals surface area contributed by atoms with Crippen molar-refractivity contribution in [2.75, 3.05) is 26.2 Å². The summed E-state index contributed by atoms with van der Waals surface area (Å²) >= 11 is 0. The molecule has 0 N–H and O–H groups in total. The van der Waals surface area contributed by atoms with E-state index in [2.05, 4.69) is 70.5 Å². The van der Waals surface area contributed by atoms with Crippen molar-refractivity contribution in [2.45, 2.75) is 31.7 Å². The van der Waals surface area contributed by atoms with Crippen molar-refractivity contribution in [2.24, 2.45) is 17.8 Å². The third kappa shape index (κ3) is 3.37. The first-order valence-electron chi connectivity index (χ1n) is 10.9. The first-order chi connectivity index (χ1) is 13.8. The van der Waals surface area contributed by atoms with Gasteiger partial charge in [0, 0.05) is 32.1 Å². The molecule has 146 valence electrons. The Morgan fingerprint density at radius 2 is 1.39 bits per heavy atom. The Hall–Kier alpha value is -2.13. The summed E-state index contributed by atoms with van der Waals surface area (Å²) in [6.07, 6.45) is 5.10. The van der Waals surface area contributed by atoms with Gasteiger partial charge in [0.2, 0.25) is 5.91 Å². The first kappa shape index (κ1) is 17.9. The molecule has 0 spiro atoms. The van der Waals surface area contributed by atoms with E-state index in [4.69, 9.17) is 0 Å². The van der Waals surface area contributed by atoms with Crippen LogP contribution in [0.2, 0.25) is 0 Å². The van der Waals surface area contributed by atoms with Gasteiger partial charge >= 0.3 is 0 Å². The van der Waals surface area contributed by atoms with E-state index < -0.39 is 0 Å².